The Hall–Kier alpha value is -1.23. The maximum Gasteiger partial charge on any atom is 0.254 e. The molecule has 0 fully saturated rings. The van der Waals surface area contributed by atoms with Crippen molar-refractivity contribution in [2.75, 3.05) is 14.2 Å². The maximum atomic E-state index is 12.6. The molecule has 0 aliphatic heterocycles. The molecule has 2 aromatic rings. The topological polar surface area (TPSA) is 29.5 Å². The quantitative estimate of drug-likeness (QED) is 0.790. The highest BCUT2D eigenvalue weighted by molar-refractivity contribution is 7.10. The molecule has 0 N–H and O–H groups in total. The Labute approximate surface area is 138 Å². The van der Waals surface area contributed by atoms with Crippen molar-refractivity contribution < 1.29 is 9.53 Å². The predicted molar refractivity (Wildman–Crippen MR) is 87.8 cm³/mol. The van der Waals surface area contributed by atoms with Gasteiger partial charge in [-0.1, -0.05) is 29.3 Å². The molecule has 1 heterocycles. The van der Waals surface area contributed by atoms with Crippen LogP contribution in [0.5, 0.6) is 5.75 Å². The zero-order valence-corrected chi connectivity index (χ0v) is 14.2. The first-order valence-corrected chi connectivity index (χ1v) is 7.92. The lowest BCUT2D eigenvalue weighted by molar-refractivity contribution is 0.0745. The van der Waals surface area contributed by atoms with E-state index >= 15 is 0 Å². The molecule has 1 atom stereocenters. The monoisotopic (exact) mass is 343 g/mol. The van der Waals surface area contributed by atoms with Crippen LogP contribution in [0, 0.1) is 0 Å². The van der Waals surface area contributed by atoms with E-state index in [4.69, 9.17) is 27.9 Å². The minimum atomic E-state index is -0.137. The Morgan fingerprint density at radius 3 is 2.43 bits per heavy atom. The molecule has 112 valence electrons. The van der Waals surface area contributed by atoms with Crippen molar-refractivity contribution in [2.24, 2.45) is 0 Å². The molecular weight excluding hydrogens is 329 g/mol. The van der Waals surface area contributed by atoms with Crippen molar-refractivity contribution in [3.8, 4) is 5.75 Å². The number of nitrogens with zero attached hydrogens (tertiary/aromatic N) is 1. The fourth-order valence-electron chi connectivity index (χ4n) is 1.98. The molecule has 2 rings (SSSR count). The van der Waals surface area contributed by atoms with Crippen molar-refractivity contribution in [1.82, 2.24) is 4.90 Å². The summed E-state index contributed by atoms with van der Waals surface area (Å²) >= 11 is 13.8. The summed E-state index contributed by atoms with van der Waals surface area (Å²) in [6.45, 7) is 1.98. The van der Waals surface area contributed by atoms with E-state index in [2.05, 4.69) is 0 Å². The van der Waals surface area contributed by atoms with E-state index in [0.29, 0.717) is 21.4 Å². The fraction of sp³-hybridized carbons (Fsp3) is 0.267. The van der Waals surface area contributed by atoms with Gasteiger partial charge in [0, 0.05) is 17.5 Å². The van der Waals surface area contributed by atoms with E-state index in [0.717, 1.165) is 4.88 Å². The first kappa shape index (κ1) is 16.1. The van der Waals surface area contributed by atoms with Gasteiger partial charge in [0.1, 0.15) is 0 Å². The minimum Gasteiger partial charge on any atom is -0.494 e. The Morgan fingerprint density at radius 2 is 1.95 bits per heavy atom. The average molecular weight is 344 g/mol. The molecule has 0 aliphatic rings. The highest BCUT2D eigenvalue weighted by Gasteiger charge is 2.21. The summed E-state index contributed by atoms with van der Waals surface area (Å²) in [5, 5.41) is 2.64. The molecular formula is C15H15Cl2NO2S. The van der Waals surface area contributed by atoms with Crippen molar-refractivity contribution >= 4 is 40.4 Å². The normalized spacial score (nSPS) is 12.0. The standard InChI is InChI=1S/C15H15Cl2NO2S/c1-9(13-5-4-6-21-13)18(2)15(19)10-7-11(16)14(20-3)12(17)8-10/h4-9H,1-3H3. The van der Waals surface area contributed by atoms with Crippen LogP contribution < -0.4 is 4.74 Å². The van der Waals surface area contributed by atoms with E-state index in [-0.39, 0.29) is 11.9 Å². The van der Waals surface area contributed by atoms with Gasteiger partial charge in [-0.3, -0.25) is 4.79 Å². The van der Waals surface area contributed by atoms with E-state index in [1.54, 1.807) is 35.4 Å². The third kappa shape index (κ3) is 3.34. The number of ether oxygens (including phenoxy) is 1. The van der Waals surface area contributed by atoms with Crippen molar-refractivity contribution in [2.45, 2.75) is 13.0 Å². The van der Waals surface area contributed by atoms with Crippen molar-refractivity contribution in [1.29, 1.82) is 0 Å². The van der Waals surface area contributed by atoms with Crippen LogP contribution in [0.15, 0.2) is 29.6 Å². The molecule has 0 spiro atoms. The lowest BCUT2D eigenvalue weighted by atomic mass is 10.1. The van der Waals surface area contributed by atoms with Gasteiger partial charge in [-0.05, 0) is 30.5 Å². The van der Waals surface area contributed by atoms with Crippen molar-refractivity contribution in [3.63, 3.8) is 0 Å². The minimum absolute atomic E-state index is 0.0165. The zero-order chi connectivity index (χ0) is 15.6. The van der Waals surface area contributed by atoms with Crippen molar-refractivity contribution in [3.05, 3.63) is 50.1 Å². The Bertz CT molecular complexity index is 620. The van der Waals surface area contributed by atoms with Crippen LogP contribution in [-0.4, -0.2) is 25.0 Å². The van der Waals surface area contributed by atoms with E-state index in [1.807, 2.05) is 24.4 Å². The van der Waals surface area contributed by atoms with E-state index in [9.17, 15) is 4.79 Å². The number of thiophene rings is 1. The van der Waals surface area contributed by atoms with Gasteiger partial charge in [-0.25, -0.2) is 0 Å². The number of halogens is 2. The summed E-state index contributed by atoms with van der Waals surface area (Å²) in [6, 6.07) is 7.11. The highest BCUT2D eigenvalue weighted by Crippen LogP contribution is 2.34. The number of benzene rings is 1. The van der Waals surface area contributed by atoms with Crippen LogP contribution in [0.4, 0.5) is 0 Å². The predicted octanol–water partition coefficient (Wildman–Crippen LogP) is 4.90. The number of methoxy groups -OCH3 is 1. The van der Waals surface area contributed by atoms with Gasteiger partial charge in [-0.2, -0.15) is 0 Å². The van der Waals surface area contributed by atoms with E-state index < -0.39 is 0 Å². The first-order chi connectivity index (χ1) is 9.95. The number of rotatable bonds is 4. The van der Waals surface area contributed by atoms with Gasteiger partial charge in [0.25, 0.3) is 5.91 Å². The third-order valence-corrected chi connectivity index (χ3v) is 4.91. The van der Waals surface area contributed by atoms with Crippen LogP contribution >= 0.6 is 34.5 Å². The van der Waals surface area contributed by atoms with Crippen LogP contribution in [0.2, 0.25) is 10.0 Å². The molecule has 0 radical (unpaired) electrons. The Morgan fingerprint density at radius 1 is 1.33 bits per heavy atom. The molecule has 1 amide bonds. The molecule has 1 aromatic heterocycles. The van der Waals surface area contributed by atoms with Gasteiger partial charge in [-0.15, -0.1) is 11.3 Å². The molecule has 3 nitrogen and oxygen atoms in total. The summed E-state index contributed by atoms with van der Waals surface area (Å²) in [5.74, 6) is 0.242. The molecule has 0 saturated carbocycles. The average Bonchev–Trinajstić information content (AvgIpc) is 2.98. The van der Waals surface area contributed by atoms with Gasteiger partial charge in [0.2, 0.25) is 0 Å². The number of hydrogen-bond donors (Lipinski definition) is 0. The van der Waals surface area contributed by atoms with Crippen LogP contribution in [0.25, 0.3) is 0 Å². The van der Waals surface area contributed by atoms with Crippen LogP contribution in [0.3, 0.4) is 0 Å². The second kappa shape index (κ2) is 6.69. The zero-order valence-electron chi connectivity index (χ0n) is 11.9. The molecule has 0 saturated heterocycles. The number of amides is 1. The molecule has 1 unspecified atom stereocenters. The molecule has 0 aliphatic carbocycles. The SMILES string of the molecule is COc1c(Cl)cc(C(=O)N(C)C(C)c2cccs2)cc1Cl. The maximum absolute atomic E-state index is 12.6. The molecule has 0 bridgehead atoms. The second-order valence-electron chi connectivity index (χ2n) is 4.58. The van der Waals surface area contributed by atoms with Crippen LogP contribution in [-0.2, 0) is 0 Å². The molecule has 1 aromatic carbocycles. The summed E-state index contributed by atoms with van der Waals surface area (Å²) in [4.78, 5) is 15.3. The number of carbonyl (C=O) groups is 1. The van der Waals surface area contributed by atoms with Gasteiger partial charge in [0.15, 0.2) is 5.75 Å². The summed E-state index contributed by atoms with van der Waals surface area (Å²) < 4.78 is 5.09. The largest absolute Gasteiger partial charge is 0.494 e. The smallest absolute Gasteiger partial charge is 0.254 e. The summed E-state index contributed by atoms with van der Waals surface area (Å²) in [7, 11) is 3.25. The van der Waals surface area contributed by atoms with Gasteiger partial charge < -0.3 is 9.64 Å². The van der Waals surface area contributed by atoms with Crippen LogP contribution in [0.1, 0.15) is 28.2 Å². The van der Waals surface area contributed by atoms with Gasteiger partial charge >= 0.3 is 0 Å². The molecule has 6 heteroatoms. The molecule has 21 heavy (non-hydrogen) atoms. The number of hydrogen-bond acceptors (Lipinski definition) is 3. The Balaban J connectivity index is 2.28. The van der Waals surface area contributed by atoms with E-state index in [1.165, 1.54) is 7.11 Å². The lowest BCUT2D eigenvalue weighted by Gasteiger charge is -2.24. The first-order valence-electron chi connectivity index (χ1n) is 6.29. The summed E-state index contributed by atoms with van der Waals surface area (Å²) in [6.07, 6.45) is 0. The fourth-order valence-corrected chi connectivity index (χ4v) is 3.45. The van der Waals surface area contributed by atoms with Gasteiger partial charge in [0.05, 0.1) is 23.2 Å². The Kier molecular flexibility index (Phi) is 5.14. The lowest BCUT2D eigenvalue weighted by Crippen LogP contribution is -2.29. The second-order valence-corrected chi connectivity index (χ2v) is 6.37. The number of carbonyl (C=O) groups excluding carboxylic acids is 1. The summed E-state index contributed by atoms with van der Waals surface area (Å²) in [5.41, 5.74) is 0.441. The highest BCUT2D eigenvalue weighted by atomic mass is 35.5. The third-order valence-electron chi connectivity index (χ3n) is 3.31.